The van der Waals surface area contributed by atoms with Gasteiger partial charge in [-0.05, 0) is 44.5 Å². The predicted molar refractivity (Wildman–Crippen MR) is 222 cm³/mol. The van der Waals surface area contributed by atoms with Crippen molar-refractivity contribution in [1.29, 1.82) is 0 Å². The fraction of sp³-hybridized carbons (Fsp3) is 0.444. The van der Waals surface area contributed by atoms with E-state index in [4.69, 9.17) is 23.9 Å². The SMILES string of the molecule is CO[C@H]1/C=C/O[C@@]2(C)Oc3c(C)c(O)c4c(=O)c(c5n(C)c6cc(C)ccc6nc-5c4c3C2=O)NC(=O)/C(C)=C\C=C\[C@H](C)[C@H](O)[C@@H](C)[C@@H](O)[C@@H](C)[C@H](OC(C)=O)[C@@H]1C. The van der Waals surface area contributed by atoms with Gasteiger partial charge in [-0.15, -0.1) is 0 Å². The van der Waals surface area contributed by atoms with Crippen LogP contribution in [0.1, 0.15) is 70.0 Å². The molecule has 2 aromatic rings. The van der Waals surface area contributed by atoms with Gasteiger partial charge in [-0.3, -0.25) is 19.2 Å². The summed E-state index contributed by atoms with van der Waals surface area (Å²) in [5, 5.41) is 37.3. The largest absolute Gasteiger partial charge is 0.507 e. The Morgan fingerprint density at radius 1 is 0.983 bits per heavy atom. The van der Waals surface area contributed by atoms with Crippen molar-refractivity contribution in [2.75, 3.05) is 12.4 Å². The summed E-state index contributed by atoms with van der Waals surface area (Å²) in [5.41, 5.74) is 1.84. The van der Waals surface area contributed by atoms with Crippen LogP contribution >= 0.6 is 0 Å². The lowest BCUT2D eigenvalue weighted by molar-refractivity contribution is -0.160. The molecule has 9 atom stereocenters. The number of rotatable bonds is 2. The summed E-state index contributed by atoms with van der Waals surface area (Å²) in [6.07, 6.45) is 3.79. The first-order chi connectivity index (χ1) is 27.7. The first kappa shape index (κ1) is 43.0. The topological polar surface area (TPSA) is 196 Å². The van der Waals surface area contributed by atoms with Gasteiger partial charge < -0.3 is 44.2 Å². The summed E-state index contributed by atoms with van der Waals surface area (Å²) in [4.78, 5) is 60.6. The molecule has 4 aliphatic rings. The highest BCUT2D eigenvalue weighted by molar-refractivity contribution is 6.22. The van der Waals surface area contributed by atoms with E-state index in [0.717, 1.165) is 5.56 Å². The molecule has 14 heteroatoms. The van der Waals surface area contributed by atoms with Crippen LogP contribution in [0.3, 0.4) is 0 Å². The predicted octanol–water partition coefficient (Wildman–Crippen LogP) is 6.00. The van der Waals surface area contributed by atoms with Gasteiger partial charge in [-0.25, -0.2) is 4.98 Å². The lowest BCUT2D eigenvalue weighted by Gasteiger charge is -2.38. The number of anilines is 1. The number of amides is 1. The number of esters is 1. The van der Waals surface area contributed by atoms with E-state index < -0.39 is 82.7 Å². The molecule has 4 bridgehead atoms. The molecule has 14 nitrogen and oxygen atoms in total. The number of phenolic OH excluding ortho intramolecular Hbond substituents is 1. The fourth-order valence-corrected chi connectivity index (χ4v) is 8.36. The number of aliphatic hydroxyl groups is 2. The lowest BCUT2D eigenvalue weighted by Crippen LogP contribution is -2.46. The van der Waals surface area contributed by atoms with Crippen LogP contribution in [-0.4, -0.2) is 79.8 Å². The number of fused-ring (bicyclic) bond motifs is 2. The third-order valence-corrected chi connectivity index (χ3v) is 12.0. The minimum atomic E-state index is -1.99. The van der Waals surface area contributed by atoms with Crippen molar-refractivity contribution in [2.45, 2.75) is 92.5 Å². The van der Waals surface area contributed by atoms with E-state index >= 15 is 0 Å². The molecule has 0 spiro atoms. The van der Waals surface area contributed by atoms with Crippen molar-refractivity contribution < 1.29 is 48.7 Å². The molecule has 0 saturated heterocycles. The number of carbonyl (C=O) groups excluding carboxylic acids is 3. The Balaban J connectivity index is 1.61. The number of Topliss-reactive ketones (excluding diaryl/α,β-unsaturated/α-hetero) is 1. The van der Waals surface area contributed by atoms with Crippen LogP contribution in [0.2, 0.25) is 0 Å². The number of ketones is 1. The molecule has 1 aliphatic carbocycles. The first-order valence-electron chi connectivity index (χ1n) is 19.7. The summed E-state index contributed by atoms with van der Waals surface area (Å²) in [6.45, 7) is 14.6. The smallest absolute Gasteiger partial charge is 0.312 e. The van der Waals surface area contributed by atoms with Gasteiger partial charge in [-0.2, -0.15) is 0 Å². The third-order valence-electron chi connectivity index (χ3n) is 12.0. The van der Waals surface area contributed by atoms with Crippen LogP contribution in [0.25, 0.3) is 33.2 Å². The molecule has 0 fully saturated rings. The number of nitrogens with one attached hydrogen (secondary N) is 1. The number of aromatic nitrogens is 2. The molecule has 3 aliphatic heterocycles. The number of hydrogen-bond donors (Lipinski definition) is 4. The maximum atomic E-state index is 14.7. The number of methoxy groups -OCH3 is 1. The summed E-state index contributed by atoms with van der Waals surface area (Å²) >= 11 is 0. The number of aromatic hydroxyl groups is 1. The standard InChI is InChI=1S/C45H53N3O11/c1-20-15-16-28-29(19-20)48(10)36-34(46-28)31-32-39(52)26(7)42-33(31)43(54)45(9,59-42)57-18-17-30(56-11)23(4)41(58-27(8)49)25(6)38(51)24(5)37(50)21(2)13-12-14-22(3)44(55)47-35(36)40(32)53/h12-19,21,23-25,30,37-38,41,50-52H,1-11H3,(H,47,55)/b13-12+,18-17+,22-14-/t21-,23+,24+,25+,30-,37-,38+,41+,45-/m0/s1. The van der Waals surface area contributed by atoms with E-state index in [-0.39, 0.29) is 50.3 Å². The van der Waals surface area contributed by atoms with Crippen molar-refractivity contribution in [1.82, 2.24) is 9.55 Å². The van der Waals surface area contributed by atoms with E-state index in [0.29, 0.717) is 11.0 Å². The number of ether oxygens (including phenoxy) is 4. The molecule has 0 radical (unpaired) electrons. The van der Waals surface area contributed by atoms with E-state index in [2.05, 4.69) is 5.32 Å². The summed E-state index contributed by atoms with van der Waals surface area (Å²) in [6, 6.07) is 5.57. The second-order valence-corrected chi connectivity index (χ2v) is 16.2. The van der Waals surface area contributed by atoms with Gasteiger partial charge in [0.25, 0.3) is 11.7 Å². The number of allylic oxidation sites excluding steroid dienone is 2. The number of nitrogens with zero attached hydrogens (tertiary/aromatic N) is 2. The molecule has 1 amide bonds. The van der Waals surface area contributed by atoms with E-state index in [1.165, 1.54) is 46.3 Å². The van der Waals surface area contributed by atoms with E-state index in [1.807, 2.05) is 25.1 Å². The minimum absolute atomic E-state index is 0.00198. The van der Waals surface area contributed by atoms with Crippen molar-refractivity contribution in [2.24, 2.45) is 30.7 Å². The van der Waals surface area contributed by atoms with Gasteiger partial charge in [0.1, 0.15) is 23.3 Å². The van der Waals surface area contributed by atoms with Crippen molar-refractivity contribution in [3.8, 4) is 22.9 Å². The quantitative estimate of drug-likeness (QED) is 0.105. The van der Waals surface area contributed by atoms with Gasteiger partial charge in [0.05, 0.1) is 57.9 Å². The van der Waals surface area contributed by atoms with E-state index in [1.54, 1.807) is 58.4 Å². The highest BCUT2D eigenvalue weighted by atomic mass is 16.7. The number of benzene rings is 3. The maximum Gasteiger partial charge on any atom is 0.312 e. The number of carbonyl (C=O) groups is 3. The Morgan fingerprint density at radius 3 is 2.34 bits per heavy atom. The average Bonchev–Trinajstić information content (AvgIpc) is 3.46. The van der Waals surface area contributed by atoms with E-state index in [9.17, 15) is 34.5 Å². The fourth-order valence-electron chi connectivity index (χ4n) is 8.36. The highest BCUT2D eigenvalue weighted by Gasteiger charge is 2.50. The molecule has 0 aromatic heterocycles. The van der Waals surface area contributed by atoms with Gasteiger partial charge >= 0.3 is 11.8 Å². The summed E-state index contributed by atoms with van der Waals surface area (Å²) < 4.78 is 25.6. The normalized spacial score (nSPS) is 30.2. The monoisotopic (exact) mass is 811 g/mol. The average molecular weight is 812 g/mol. The van der Waals surface area contributed by atoms with Crippen LogP contribution in [0, 0.1) is 37.5 Å². The molecule has 0 unspecified atom stereocenters. The summed E-state index contributed by atoms with van der Waals surface area (Å²) in [5.74, 6) is -6.73. The van der Waals surface area contributed by atoms with Crippen LogP contribution in [0.5, 0.6) is 11.5 Å². The van der Waals surface area contributed by atoms with Gasteiger partial charge in [0.2, 0.25) is 5.43 Å². The second-order valence-electron chi connectivity index (χ2n) is 16.2. The molecular formula is C45H53N3O11. The van der Waals surface area contributed by atoms with Crippen LogP contribution in [0.15, 0.2) is 59.1 Å². The zero-order chi connectivity index (χ0) is 43.4. The van der Waals surface area contributed by atoms with Crippen LogP contribution in [-0.2, 0) is 30.8 Å². The summed E-state index contributed by atoms with van der Waals surface area (Å²) in [7, 11) is 3.18. The van der Waals surface area contributed by atoms with Gasteiger partial charge in [0.15, 0.2) is 0 Å². The third kappa shape index (κ3) is 7.49. The second kappa shape index (κ2) is 16.2. The molecule has 2 aromatic carbocycles. The molecule has 314 valence electrons. The minimum Gasteiger partial charge on any atom is -0.507 e. The molecular weight excluding hydrogens is 759 g/mol. The molecule has 4 N–H and O–H groups in total. The zero-order valence-electron chi connectivity index (χ0n) is 35.2. The maximum absolute atomic E-state index is 14.7. The van der Waals surface area contributed by atoms with Crippen molar-refractivity contribution in [3.63, 3.8) is 0 Å². The van der Waals surface area contributed by atoms with Gasteiger partial charge in [-0.1, -0.05) is 52.0 Å². The Hall–Kier alpha value is -5.57. The zero-order valence-corrected chi connectivity index (χ0v) is 35.2. The lowest BCUT2D eigenvalue weighted by atomic mass is 9.78. The number of aliphatic hydroxyl groups excluding tert-OH is 2. The first-order valence-corrected chi connectivity index (χ1v) is 19.7. The number of phenols is 1. The Kier molecular flexibility index (Phi) is 11.8. The van der Waals surface area contributed by atoms with Crippen molar-refractivity contribution in [3.05, 3.63) is 81.3 Å². The van der Waals surface area contributed by atoms with Crippen molar-refractivity contribution >= 4 is 45.2 Å². The molecule has 3 heterocycles. The Bertz CT molecular complexity index is 2480. The molecule has 0 saturated carbocycles. The molecule has 6 rings (SSSR count). The highest BCUT2D eigenvalue weighted by Crippen LogP contribution is 2.50. The Labute approximate surface area is 342 Å². The van der Waals surface area contributed by atoms with Crippen LogP contribution in [0.4, 0.5) is 5.69 Å². The van der Waals surface area contributed by atoms with Gasteiger partial charge in [0, 0.05) is 68.2 Å². The molecule has 59 heavy (non-hydrogen) atoms. The van der Waals surface area contributed by atoms with Crippen LogP contribution < -0.4 is 15.5 Å². The number of aryl methyl sites for hydroxylation is 2. The number of hydrogen-bond acceptors (Lipinski definition) is 12. The Morgan fingerprint density at radius 2 is 1.68 bits per heavy atom.